The zero-order valence-electron chi connectivity index (χ0n) is 12.2. The Bertz CT molecular complexity index is 720. The summed E-state index contributed by atoms with van der Waals surface area (Å²) in [5.41, 5.74) is -4.73. The third-order valence-corrected chi connectivity index (χ3v) is 4.57. The molecule has 1 aliphatic rings. The van der Waals surface area contributed by atoms with E-state index in [1.807, 2.05) is 0 Å². The Labute approximate surface area is 126 Å². The van der Waals surface area contributed by atoms with E-state index in [0.717, 1.165) is 0 Å². The molecule has 0 fully saturated rings. The molecule has 0 aliphatic heterocycles. The molecule has 0 aromatic heterocycles. The molecule has 0 radical (unpaired) electrons. The monoisotopic (exact) mass is 336 g/mol. The first-order valence-corrected chi connectivity index (χ1v) is 8.07. The van der Waals surface area contributed by atoms with Crippen LogP contribution in [0.25, 0.3) is 0 Å². The second kappa shape index (κ2) is 5.26. The number of Topliss-reactive ketones (excluding diaryl/α,β-unsaturated/α-hetero) is 1. The van der Waals surface area contributed by atoms with Gasteiger partial charge in [-0.05, 0) is 17.9 Å². The van der Waals surface area contributed by atoms with Crippen LogP contribution in [-0.4, -0.2) is 19.7 Å². The maximum absolute atomic E-state index is 12.6. The topological polar surface area (TPSA) is 60.4 Å². The minimum Gasteiger partial charge on any atom is -0.375 e. The lowest BCUT2D eigenvalue weighted by molar-refractivity contribution is -0.0500. The summed E-state index contributed by atoms with van der Waals surface area (Å²) >= 11 is 0. The average Bonchev–Trinajstić information content (AvgIpc) is 2.64. The van der Waals surface area contributed by atoms with E-state index in [1.165, 1.54) is 12.1 Å². The summed E-state index contributed by atoms with van der Waals surface area (Å²) in [4.78, 5) is 12.0. The predicted octanol–water partition coefficient (Wildman–Crippen LogP) is 3.41. The molecule has 1 aromatic carbocycles. The molecule has 0 saturated heterocycles. The van der Waals surface area contributed by atoms with E-state index in [9.17, 15) is 26.4 Å². The lowest BCUT2D eigenvalue weighted by Gasteiger charge is -2.18. The molecule has 1 aliphatic carbocycles. The lowest BCUT2D eigenvalue weighted by atomic mass is 9.97. The number of alkyl halides is 3. The van der Waals surface area contributed by atoms with Gasteiger partial charge in [-0.1, -0.05) is 32.9 Å². The average molecular weight is 336 g/mol. The largest absolute Gasteiger partial charge is 0.534 e. The molecule has 22 heavy (non-hydrogen) atoms. The van der Waals surface area contributed by atoms with Crippen molar-refractivity contribution in [3.63, 3.8) is 0 Å². The normalized spacial score (nSPS) is 18.7. The van der Waals surface area contributed by atoms with Crippen molar-refractivity contribution in [1.82, 2.24) is 0 Å². The highest BCUT2D eigenvalue weighted by atomic mass is 32.2. The van der Waals surface area contributed by atoms with Crippen LogP contribution >= 0.6 is 0 Å². The van der Waals surface area contributed by atoms with Gasteiger partial charge in [0.25, 0.3) is 0 Å². The van der Waals surface area contributed by atoms with Crippen LogP contribution in [0.5, 0.6) is 5.75 Å². The second-order valence-corrected chi connectivity index (χ2v) is 7.16. The molecule has 2 rings (SSSR count). The molecular formula is C14H15F3O4S. The molecule has 4 nitrogen and oxygen atoms in total. The molecule has 0 spiro atoms. The minimum absolute atomic E-state index is 0.164. The van der Waals surface area contributed by atoms with Crippen LogP contribution in [0.1, 0.15) is 48.2 Å². The van der Waals surface area contributed by atoms with Crippen molar-refractivity contribution < 1.29 is 30.6 Å². The van der Waals surface area contributed by atoms with Crippen molar-refractivity contribution in [2.24, 2.45) is 5.92 Å². The molecule has 0 saturated carbocycles. The highest BCUT2D eigenvalue weighted by Gasteiger charge is 2.49. The van der Waals surface area contributed by atoms with Gasteiger partial charge in [0.15, 0.2) is 5.78 Å². The molecule has 0 amide bonds. The van der Waals surface area contributed by atoms with Crippen LogP contribution in [-0.2, 0) is 16.5 Å². The number of benzene rings is 1. The molecule has 122 valence electrons. The fourth-order valence-corrected chi connectivity index (χ4v) is 2.96. The van der Waals surface area contributed by atoms with E-state index >= 15 is 0 Å². The first-order chi connectivity index (χ1) is 9.95. The van der Waals surface area contributed by atoms with Crippen LogP contribution in [0, 0.1) is 5.92 Å². The molecule has 1 aromatic rings. The summed E-state index contributed by atoms with van der Waals surface area (Å²) in [7, 11) is -5.77. The van der Waals surface area contributed by atoms with Gasteiger partial charge in [0.05, 0.1) is 0 Å². The minimum atomic E-state index is -5.77. The molecule has 0 heterocycles. The molecule has 8 heteroatoms. The molecular weight excluding hydrogens is 321 g/mol. The van der Waals surface area contributed by atoms with Crippen molar-refractivity contribution in [3.05, 3.63) is 28.8 Å². The van der Waals surface area contributed by atoms with Gasteiger partial charge in [0.2, 0.25) is 0 Å². The number of hydrogen-bond acceptors (Lipinski definition) is 4. The summed E-state index contributed by atoms with van der Waals surface area (Å²) in [5.74, 6) is -1.25. The molecule has 0 bridgehead atoms. The summed E-state index contributed by atoms with van der Waals surface area (Å²) in [6.07, 6.45) is 0.164. The Balaban J connectivity index is 2.62. The number of halogens is 3. The van der Waals surface area contributed by atoms with Crippen LogP contribution in [0.3, 0.4) is 0 Å². The predicted molar refractivity (Wildman–Crippen MR) is 73.3 cm³/mol. The van der Waals surface area contributed by atoms with Crippen molar-refractivity contribution in [2.45, 2.75) is 38.6 Å². The Kier molecular flexibility index (Phi) is 4.01. The smallest absolute Gasteiger partial charge is 0.375 e. The van der Waals surface area contributed by atoms with E-state index in [1.54, 1.807) is 20.8 Å². The van der Waals surface area contributed by atoms with Crippen molar-refractivity contribution in [2.75, 3.05) is 0 Å². The van der Waals surface area contributed by atoms with Crippen LogP contribution in [0.2, 0.25) is 0 Å². The molecule has 1 atom stereocenters. The van der Waals surface area contributed by atoms with Crippen LogP contribution < -0.4 is 4.18 Å². The zero-order valence-corrected chi connectivity index (χ0v) is 13.0. The third-order valence-electron chi connectivity index (χ3n) is 3.61. The highest BCUT2D eigenvalue weighted by molar-refractivity contribution is 7.88. The van der Waals surface area contributed by atoms with Gasteiger partial charge < -0.3 is 4.18 Å². The molecule has 1 unspecified atom stereocenters. The lowest BCUT2D eigenvalue weighted by Crippen LogP contribution is -2.29. The fraction of sp³-hybridized carbons (Fsp3) is 0.500. The third kappa shape index (κ3) is 2.71. The van der Waals surface area contributed by atoms with Gasteiger partial charge in [-0.3, -0.25) is 4.79 Å². The Morgan fingerprint density at radius 3 is 2.36 bits per heavy atom. The van der Waals surface area contributed by atoms with Gasteiger partial charge in [-0.15, -0.1) is 0 Å². The van der Waals surface area contributed by atoms with E-state index in [2.05, 4.69) is 4.18 Å². The van der Waals surface area contributed by atoms with Crippen LogP contribution in [0.15, 0.2) is 12.1 Å². The Morgan fingerprint density at radius 1 is 1.27 bits per heavy atom. The number of rotatable bonds is 3. The number of ketones is 1. The Hall–Kier alpha value is -1.57. The number of carbonyl (C=O) groups excluding carboxylic acids is 1. The van der Waals surface area contributed by atoms with E-state index in [4.69, 9.17) is 0 Å². The summed E-state index contributed by atoms with van der Waals surface area (Å²) in [5, 5.41) is 0. The standard InChI is InChI=1S/C14H15F3O4S/c1-7(2)9-4-5-10-11(6-8(3)12(10)18)13(9)21-22(19,20)14(15,16)17/h4-5,7-8H,6H2,1-3H3. The summed E-state index contributed by atoms with van der Waals surface area (Å²) < 4.78 is 64.8. The van der Waals surface area contributed by atoms with Gasteiger partial charge >= 0.3 is 15.6 Å². The SMILES string of the molecule is CC1Cc2c(ccc(C(C)C)c2OS(=O)(=O)C(F)(F)F)C1=O. The second-order valence-electron chi connectivity index (χ2n) is 5.62. The Morgan fingerprint density at radius 2 is 1.86 bits per heavy atom. The summed E-state index contributed by atoms with van der Waals surface area (Å²) in [6.45, 7) is 5.05. The van der Waals surface area contributed by atoms with Gasteiger partial charge in [-0.2, -0.15) is 21.6 Å². The number of hydrogen-bond donors (Lipinski definition) is 0. The van der Waals surface area contributed by atoms with E-state index in [-0.39, 0.29) is 35.0 Å². The van der Waals surface area contributed by atoms with Gasteiger partial charge in [0.1, 0.15) is 5.75 Å². The van der Waals surface area contributed by atoms with Crippen molar-refractivity contribution >= 4 is 15.9 Å². The van der Waals surface area contributed by atoms with Gasteiger partial charge in [0, 0.05) is 17.0 Å². The first kappa shape index (κ1) is 16.8. The maximum atomic E-state index is 12.6. The molecule has 0 N–H and O–H groups in total. The fourth-order valence-electron chi connectivity index (χ4n) is 2.45. The quantitative estimate of drug-likeness (QED) is 0.627. The van der Waals surface area contributed by atoms with Crippen LogP contribution in [0.4, 0.5) is 13.2 Å². The van der Waals surface area contributed by atoms with E-state index in [0.29, 0.717) is 5.56 Å². The number of fused-ring (bicyclic) bond motifs is 1. The zero-order chi connectivity index (χ0) is 16.9. The highest BCUT2D eigenvalue weighted by Crippen LogP contribution is 2.41. The first-order valence-electron chi connectivity index (χ1n) is 6.66. The maximum Gasteiger partial charge on any atom is 0.534 e. The van der Waals surface area contributed by atoms with Crippen molar-refractivity contribution in [3.8, 4) is 5.75 Å². The van der Waals surface area contributed by atoms with E-state index < -0.39 is 21.5 Å². The summed E-state index contributed by atoms with van der Waals surface area (Å²) in [6, 6.07) is 2.96. The van der Waals surface area contributed by atoms with Crippen molar-refractivity contribution in [1.29, 1.82) is 0 Å². The number of carbonyl (C=O) groups is 1. The van der Waals surface area contributed by atoms with Gasteiger partial charge in [-0.25, -0.2) is 0 Å².